The molecule has 0 saturated heterocycles. The molecule has 0 aromatic heterocycles. The number of anilines is 2. The lowest BCUT2D eigenvalue weighted by atomic mass is 9.99. The highest BCUT2D eigenvalue weighted by Gasteiger charge is 2.49. The van der Waals surface area contributed by atoms with Crippen LogP contribution in [0.1, 0.15) is 27.7 Å². The Kier molecular flexibility index (Phi) is 10.7. The van der Waals surface area contributed by atoms with E-state index in [2.05, 4.69) is 10.6 Å². The van der Waals surface area contributed by atoms with Gasteiger partial charge in [0.25, 0.3) is 11.8 Å². The van der Waals surface area contributed by atoms with Gasteiger partial charge in [0.15, 0.2) is 12.2 Å². The molecule has 0 aliphatic carbocycles. The largest absolute Gasteiger partial charge is 0.454 e. The van der Waals surface area contributed by atoms with E-state index in [4.69, 9.17) is 18.9 Å². The highest BCUT2D eigenvalue weighted by Crippen LogP contribution is 2.27. The lowest BCUT2D eigenvalue weighted by Gasteiger charge is -2.34. The Hall–Kier alpha value is -5.78. The lowest BCUT2D eigenvalue weighted by molar-refractivity contribution is -0.198. The van der Waals surface area contributed by atoms with Crippen molar-refractivity contribution in [2.24, 2.45) is 0 Å². The van der Waals surface area contributed by atoms with Crippen LogP contribution in [0.4, 0.5) is 11.4 Å². The fraction of sp³-hybridized carbons (Fsp3) is 0.235. The zero-order valence-electron chi connectivity index (χ0n) is 25.5. The number of nitrogens with one attached hydrogen (secondary N) is 2. The smallest absolute Gasteiger partial charge is 0.303 e. The van der Waals surface area contributed by atoms with Crippen LogP contribution in [0.3, 0.4) is 0 Å². The number of fused-ring (bicyclic) bond motifs is 2. The van der Waals surface area contributed by atoms with E-state index < -0.39 is 60.1 Å². The summed E-state index contributed by atoms with van der Waals surface area (Å²) in [5.41, 5.74) is 0.659. The van der Waals surface area contributed by atoms with E-state index >= 15 is 0 Å². The number of amides is 2. The molecule has 12 nitrogen and oxygen atoms in total. The van der Waals surface area contributed by atoms with Crippen molar-refractivity contribution in [3.63, 3.8) is 0 Å². The van der Waals surface area contributed by atoms with Gasteiger partial charge in [0.2, 0.25) is 12.2 Å². The first-order valence-electron chi connectivity index (χ1n) is 14.2. The Balaban J connectivity index is 1.78. The van der Waals surface area contributed by atoms with E-state index in [1.165, 1.54) is 0 Å². The molecule has 12 heteroatoms. The van der Waals surface area contributed by atoms with Crippen LogP contribution in [0.5, 0.6) is 0 Å². The van der Waals surface area contributed by atoms with Gasteiger partial charge in [0.1, 0.15) is 0 Å². The van der Waals surface area contributed by atoms with Gasteiger partial charge >= 0.3 is 23.9 Å². The van der Waals surface area contributed by atoms with Gasteiger partial charge in [-0.25, -0.2) is 0 Å². The first-order chi connectivity index (χ1) is 21.9. The predicted octanol–water partition coefficient (Wildman–Crippen LogP) is 4.30. The number of ether oxygens (including phenoxy) is 4. The van der Waals surface area contributed by atoms with E-state index in [9.17, 15) is 28.8 Å². The molecule has 4 aromatic rings. The van der Waals surface area contributed by atoms with Gasteiger partial charge in [0, 0.05) is 49.8 Å². The van der Waals surface area contributed by atoms with Crippen molar-refractivity contribution in [3.8, 4) is 0 Å². The molecule has 0 bridgehead atoms. The van der Waals surface area contributed by atoms with Crippen molar-refractivity contribution < 1.29 is 47.7 Å². The summed E-state index contributed by atoms with van der Waals surface area (Å²) in [5, 5.41) is 8.20. The van der Waals surface area contributed by atoms with Crippen LogP contribution < -0.4 is 10.6 Å². The molecule has 0 spiro atoms. The number of hydrogen-bond donors (Lipinski definition) is 2. The number of carbonyl (C=O) groups is 6. The van der Waals surface area contributed by atoms with Gasteiger partial charge in [-0.1, -0.05) is 72.8 Å². The fourth-order valence-corrected chi connectivity index (χ4v) is 4.96. The maximum atomic E-state index is 13.8. The molecule has 4 rings (SSSR count). The molecule has 0 fully saturated rings. The van der Waals surface area contributed by atoms with Crippen LogP contribution in [-0.4, -0.2) is 60.1 Å². The second-order valence-corrected chi connectivity index (χ2v) is 10.2. The zero-order valence-corrected chi connectivity index (χ0v) is 25.5. The molecule has 4 atom stereocenters. The first kappa shape index (κ1) is 33.1. The van der Waals surface area contributed by atoms with Gasteiger partial charge in [-0.2, -0.15) is 0 Å². The SMILES string of the molecule is CC(=O)O[C@H]([C@H](OC(C)=O)[C@@H](OC(C)=O)C(=O)Nc1cccc2ccccc12)[C@H](OC(C)=O)C(=O)Nc1cccc2ccccc12. The first-order valence-corrected chi connectivity index (χ1v) is 14.2. The second-order valence-electron chi connectivity index (χ2n) is 10.2. The summed E-state index contributed by atoms with van der Waals surface area (Å²) in [4.78, 5) is 77.0. The molecule has 2 N–H and O–H groups in total. The summed E-state index contributed by atoms with van der Waals surface area (Å²) in [6.07, 6.45) is -7.87. The van der Waals surface area contributed by atoms with Crippen molar-refractivity contribution in [3.05, 3.63) is 84.9 Å². The van der Waals surface area contributed by atoms with Crippen molar-refractivity contribution in [1.82, 2.24) is 0 Å². The van der Waals surface area contributed by atoms with Crippen LogP contribution in [0.2, 0.25) is 0 Å². The molecular formula is C34H32N2O10. The third-order valence-electron chi connectivity index (χ3n) is 6.72. The summed E-state index contributed by atoms with van der Waals surface area (Å²) in [7, 11) is 0. The maximum Gasteiger partial charge on any atom is 0.303 e. The van der Waals surface area contributed by atoms with Crippen LogP contribution in [0.25, 0.3) is 21.5 Å². The van der Waals surface area contributed by atoms with E-state index in [1.54, 1.807) is 48.5 Å². The van der Waals surface area contributed by atoms with Crippen LogP contribution in [0, 0.1) is 0 Å². The summed E-state index contributed by atoms with van der Waals surface area (Å²) >= 11 is 0. The predicted molar refractivity (Wildman–Crippen MR) is 167 cm³/mol. The van der Waals surface area contributed by atoms with Crippen molar-refractivity contribution in [2.45, 2.75) is 52.1 Å². The Morgan fingerprint density at radius 1 is 0.457 bits per heavy atom. The molecule has 0 aliphatic rings. The molecule has 0 saturated carbocycles. The van der Waals surface area contributed by atoms with E-state index in [-0.39, 0.29) is 0 Å². The molecule has 4 aromatic carbocycles. The second kappa shape index (κ2) is 14.8. The van der Waals surface area contributed by atoms with E-state index in [0.29, 0.717) is 22.1 Å². The highest BCUT2D eigenvalue weighted by molar-refractivity contribution is 6.06. The maximum absolute atomic E-state index is 13.8. The summed E-state index contributed by atoms with van der Waals surface area (Å²) in [5.74, 6) is -5.83. The van der Waals surface area contributed by atoms with Gasteiger partial charge in [-0.15, -0.1) is 0 Å². The van der Waals surface area contributed by atoms with Gasteiger partial charge in [-0.05, 0) is 22.9 Å². The van der Waals surface area contributed by atoms with Gasteiger partial charge < -0.3 is 29.6 Å². The standard InChI is InChI=1S/C34H32N2O10/c1-19(37)43-29(31(45-21(3)39)33(41)35-27-17-9-13-23-11-5-7-15-25(23)27)30(44-20(2)38)32(46-22(4)40)34(42)36-28-18-10-14-24-12-6-8-16-26(24)28/h5-18,29-32H,1-4H3,(H,35,41)(H,36,42)/t29-,30+,31+,32-. The number of carbonyl (C=O) groups excluding carboxylic acids is 6. The third kappa shape index (κ3) is 8.23. The average molecular weight is 629 g/mol. The minimum atomic E-state index is -1.98. The van der Waals surface area contributed by atoms with Gasteiger partial charge in [0.05, 0.1) is 0 Å². The van der Waals surface area contributed by atoms with Crippen LogP contribution >= 0.6 is 0 Å². The number of rotatable bonds is 11. The normalized spacial score (nSPS) is 13.4. The molecule has 0 radical (unpaired) electrons. The van der Waals surface area contributed by atoms with E-state index in [1.807, 2.05) is 36.4 Å². The Bertz CT molecular complexity index is 1660. The minimum absolute atomic E-state index is 0.330. The molecule has 46 heavy (non-hydrogen) atoms. The summed E-state index contributed by atoms with van der Waals surface area (Å²) in [6, 6.07) is 24.6. The molecule has 0 unspecified atom stereocenters. The fourth-order valence-electron chi connectivity index (χ4n) is 4.96. The topological polar surface area (TPSA) is 163 Å². The third-order valence-corrected chi connectivity index (χ3v) is 6.72. The van der Waals surface area contributed by atoms with Crippen molar-refractivity contribution in [1.29, 1.82) is 0 Å². The Morgan fingerprint density at radius 3 is 1.13 bits per heavy atom. The quantitative estimate of drug-likeness (QED) is 0.181. The van der Waals surface area contributed by atoms with Crippen molar-refractivity contribution >= 4 is 68.6 Å². The Morgan fingerprint density at radius 2 is 0.783 bits per heavy atom. The molecular weight excluding hydrogens is 596 g/mol. The monoisotopic (exact) mass is 628 g/mol. The molecule has 238 valence electrons. The highest BCUT2D eigenvalue weighted by atomic mass is 16.6. The number of benzene rings is 4. The summed E-state index contributed by atoms with van der Waals surface area (Å²) < 4.78 is 21.5. The van der Waals surface area contributed by atoms with Crippen LogP contribution in [0.15, 0.2) is 84.9 Å². The van der Waals surface area contributed by atoms with Crippen molar-refractivity contribution in [2.75, 3.05) is 10.6 Å². The zero-order chi connectivity index (χ0) is 33.4. The van der Waals surface area contributed by atoms with Crippen LogP contribution in [-0.2, 0) is 47.7 Å². The van der Waals surface area contributed by atoms with Gasteiger partial charge in [-0.3, -0.25) is 28.8 Å². The number of hydrogen-bond acceptors (Lipinski definition) is 10. The molecule has 2 amide bonds. The lowest BCUT2D eigenvalue weighted by Crippen LogP contribution is -2.57. The average Bonchev–Trinajstić information content (AvgIpc) is 3.00. The summed E-state index contributed by atoms with van der Waals surface area (Å²) in [6.45, 7) is 4.03. The minimum Gasteiger partial charge on any atom is -0.454 e. The molecule has 0 heterocycles. The molecule has 0 aliphatic heterocycles. The number of esters is 4. The van der Waals surface area contributed by atoms with E-state index in [0.717, 1.165) is 38.5 Å². The Labute approximate surface area is 263 Å².